The molecule has 0 aliphatic rings. The molecule has 0 fully saturated rings. The second-order valence-electron chi connectivity index (χ2n) is 3.82. The molecule has 1 nitrogen and oxygen atoms in total. The van der Waals surface area contributed by atoms with Crippen molar-refractivity contribution in [3.8, 4) is 0 Å². The Bertz CT molecular complexity index is 494. The minimum atomic E-state index is 0. The van der Waals surface area contributed by atoms with Crippen LogP contribution in [0, 0.1) is 6.20 Å². The van der Waals surface area contributed by atoms with E-state index in [0.717, 1.165) is 8.58 Å². The van der Waals surface area contributed by atoms with Gasteiger partial charge < -0.3 is 4.98 Å². The topological polar surface area (TPSA) is 12.9 Å². The molecule has 20 heavy (non-hydrogen) atoms. The molecule has 2 aromatic carbocycles. The molecule has 3 rings (SSSR count). The number of pyridine rings is 1. The summed E-state index contributed by atoms with van der Waals surface area (Å²) >= 11 is 0. The summed E-state index contributed by atoms with van der Waals surface area (Å²) in [7, 11) is 0.777. The Balaban J connectivity index is 0.000000243. The molecule has 0 aliphatic heterocycles. The standard InChI is InChI=1S/C12H11P.C5H4N.Ir/c1-3-7-11(8-4-1)13-12-9-5-2-6-10-12;1-2-4-6-5-3-1;/h1-10,13H;1-4H;/q;-1;. The molecule has 0 saturated heterocycles. The van der Waals surface area contributed by atoms with Crippen molar-refractivity contribution in [1.29, 1.82) is 0 Å². The number of rotatable bonds is 2. The summed E-state index contributed by atoms with van der Waals surface area (Å²) in [5.41, 5.74) is 0. The van der Waals surface area contributed by atoms with E-state index in [0.29, 0.717) is 0 Å². The number of aromatic nitrogens is 1. The zero-order chi connectivity index (χ0) is 13.2. The third kappa shape index (κ3) is 6.73. The van der Waals surface area contributed by atoms with Crippen LogP contribution >= 0.6 is 8.58 Å². The summed E-state index contributed by atoms with van der Waals surface area (Å²) in [6, 6.07) is 26.7. The first kappa shape index (κ1) is 16.7. The molecule has 1 heterocycles. The Kier molecular flexibility index (Phi) is 8.74. The van der Waals surface area contributed by atoms with Gasteiger partial charge in [0.1, 0.15) is 0 Å². The molecule has 0 aliphatic carbocycles. The van der Waals surface area contributed by atoms with Crippen LogP contribution in [0.1, 0.15) is 0 Å². The number of hydrogen-bond donors (Lipinski definition) is 0. The molecule has 3 heteroatoms. The summed E-state index contributed by atoms with van der Waals surface area (Å²) in [6.07, 6.45) is 4.34. The largest absolute Gasteiger partial charge is 0.394 e. The van der Waals surface area contributed by atoms with Crippen LogP contribution in [0.15, 0.2) is 85.1 Å². The Morgan fingerprint density at radius 3 is 1.55 bits per heavy atom. The van der Waals surface area contributed by atoms with Gasteiger partial charge in [-0.1, -0.05) is 81.6 Å². The monoisotopic (exact) mass is 457 g/mol. The normalized spacial score (nSPS) is 8.80. The van der Waals surface area contributed by atoms with Crippen molar-refractivity contribution in [2.75, 3.05) is 0 Å². The first-order chi connectivity index (χ1) is 9.45. The van der Waals surface area contributed by atoms with Gasteiger partial charge in [-0.2, -0.15) is 18.2 Å². The van der Waals surface area contributed by atoms with Gasteiger partial charge >= 0.3 is 0 Å². The van der Waals surface area contributed by atoms with E-state index in [2.05, 4.69) is 71.8 Å². The van der Waals surface area contributed by atoms with Crippen LogP contribution in [0.3, 0.4) is 0 Å². The van der Waals surface area contributed by atoms with Crippen molar-refractivity contribution in [1.82, 2.24) is 4.98 Å². The van der Waals surface area contributed by atoms with E-state index in [9.17, 15) is 0 Å². The minimum absolute atomic E-state index is 0. The molecule has 103 valence electrons. The average molecular weight is 457 g/mol. The van der Waals surface area contributed by atoms with Crippen LogP contribution in [-0.2, 0) is 20.1 Å². The molecule has 3 aromatic rings. The van der Waals surface area contributed by atoms with Gasteiger partial charge in [0, 0.05) is 20.1 Å². The van der Waals surface area contributed by atoms with Crippen LogP contribution < -0.4 is 10.6 Å². The first-order valence-electron chi connectivity index (χ1n) is 6.09. The van der Waals surface area contributed by atoms with E-state index in [-0.39, 0.29) is 20.1 Å². The van der Waals surface area contributed by atoms with E-state index in [4.69, 9.17) is 0 Å². The summed E-state index contributed by atoms with van der Waals surface area (Å²) in [5, 5.41) is 2.79. The van der Waals surface area contributed by atoms with Crippen LogP contribution in [0.4, 0.5) is 0 Å². The van der Waals surface area contributed by atoms with Gasteiger partial charge in [-0.25, -0.2) is 0 Å². The van der Waals surface area contributed by atoms with Crippen molar-refractivity contribution >= 4 is 19.2 Å². The zero-order valence-electron chi connectivity index (χ0n) is 10.9. The van der Waals surface area contributed by atoms with E-state index in [1.165, 1.54) is 10.6 Å². The van der Waals surface area contributed by atoms with E-state index < -0.39 is 0 Å². The van der Waals surface area contributed by atoms with Gasteiger partial charge in [-0.05, 0) is 10.6 Å². The molecule has 0 saturated carbocycles. The maximum Gasteiger partial charge on any atom is 0 e. The van der Waals surface area contributed by atoms with Gasteiger partial charge in [0.15, 0.2) is 0 Å². The maximum atomic E-state index is 3.66. The van der Waals surface area contributed by atoms with Crippen molar-refractivity contribution in [2.45, 2.75) is 0 Å². The van der Waals surface area contributed by atoms with Crippen molar-refractivity contribution < 1.29 is 20.1 Å². The van der Waals surface area contributed by atoms with E-state index in [1.807, 2.05) is 12.1 Å². The fourth-order valence-corrected chi connectivity index (χ4v) is 2.54. The van der Waals surface area contributed by atoms with Crippen LogP contribution in [0.2, 0.25) is 0 Å². The summed E-state index contributed by atoms with van der Waals surface area (Å²) in [4.78, 5) is 3.66. The van der Waals surface area contributed by atoms with Crippen molar-refractivity contribution in [3.63, 3.8) is 0 Å². The fourth-order valence-electron chi connectivity index (χ4n) is 1.49. The second kappa shape index (κ2) is 10.5. The smallest absolute Gasteiger partial charge is 0 e. The predicted molar refractivity (Wildman–Crippen MR) is 83.5 cm³/mol. The number of hydrogen-bond acceptors (Lipinski definition) is 1. The summed E-state index contributed by atoms with van der Waals surface area (Å²) in [5.74, 6) is 0. The minimum Gasteiger partial charge on any atom is -0.394 e. The molecular weight excluding hydrogens is 441 g/mol. The molecule has 0 amide bonds. The molecule has 1 radical (unpaired) electrons. The molecule has 0 atom stereocenters. The van der Waals surface area contributed by atoms with Crippen LogP contribution in [0.5, 0.6) is 0 Å². The molecule has 0 N–H and O–H groups in total. The molecule has 0 bridgehead atoms. The summed E-state index contributed by atoms with van der Waals surface area (Å²) in [6.45, 7) is 0. The van der Waals surface area contributed by atoms with Gasteiger partial charge in [0.25, 0.3) is 0 Å². The molecule has 1 aromatic heterocycles. The SMILES string of the molecule is [Ir].[c-]1ccccn1.c1ccc(Pc2ccccc2)cc1. The predicted octanol–water partition coefficient (Wildman–Crippen LogP) is 3.20. The van der Waals surface area contributed by atoms with Crippen molar-refractivity contribution in [2.24, 2.45) is 0 Å². The Morgan fingerprint density at radius 1 is 0.700 bits per heavy atom. The van der Waals surface area contributed by atoms with E-state index >= 15 is 0 Å². The molecular formula is C17H15IrNP-. The van der Waals surface area contributed by atoms with Gasteiger partial charge in [0.05, 0.1) is 0 Å². The van der Waals surface area contributed by atoms with Gasteiger partial charge in [0.2, 0.25) is 0 Å². The number of benzene rings is 2. The van der Waals surface area contributed by atoms with Gasteiger partial charge in [-0.15, -0.1) is 0 Å². The maximum absolute atomic E-state index is 3.66. The number of nitrogens with zero attached hydrogens (tertiary/aromatic N) is 1. The summed E-state index contributed by atoms with van der Waals surface area (Å²) < 4.78 is 0. The Labute approximate surface area is 135 Å². The second-order valence-corrected chi connectivity index (χ2v) is 5.22. The Morgan fingerprint density at radius 2 is 1.25 bits per heavy atom. The van der Waals surface area contributed by atoms with Crippen molar-refractivity contribution in [3.05, 3.63) is 91.3 Å². The Hall–Kier alpha value is -1.33. The molecule has 0 unspecified atom stereocenters. The van der Waals surface area contributed by atoms with Gasteiger partial charge in [-0.3, -0.25) is 0 Å². The average Bonchev–Trinajstić information content (AvgIpc) is 2.52. The van der Waals surface area contributed by atoms with E-state index in [1.54, 1.807) is 12.3 Å². The quantitative estimate of drug-likeness (QED) is 0.427. The first-order valence-corrected chi connectivity index (χ1v) is 7.09. The van der Waals surface area contributed by atoms with Crippen LogP contribution in [-0.4, -0.2) is 4.98 Å². The third-order valence-corrected chi connectivity index (χ3v) is 3.60. The third-order valence-electron chi connectivity index (χ3n) is 2.35. The fraction of sp³-hybridized carbons (Fsp3) is 0. The zero-order valence-corrected chi connectivity index (χ0v) is 14.3. The van der Waals surface area contributed by atoms with Crippen LogP contribution in [0.25, 0.3) is 0 Å². The molecule has 0 spiro atoms.